The molecule has 204 valence electrons. The largest absolute Gasteiger partial charge is 0.493 e. The van der Waals surface area contributed by atoms with Crippen molar-refractivity contribution in [3.05, 3.63) is 89.6 Å². The Labute approximate surface area is 232 Å². The number of esters is 2. The van der Waals surface area contributed by atoms with Crippen molar-refractivity contribution < 1.29 is 33.7 Å². The summed E-state index contributed by atoms with van der Waals surface area (Å²) in [6.07, 6.45) is 1.73. The average Bonchev–Trinajstić information content (AvgIpc) is 3.16. The molecule has 2 heterocycles. The monoisotopic (exact) mass is 572 g/mol. The van der Waals surface area contributed by atoms with E-state index in [1.54, 1.807) is 49.4 Å². The number of carbonyl (C=O) groups is 3. The number of benzene rings is 2. The van der Waals surface area contributed by atoms with Gasteiger partial charge in [-0.25, -0.2) is 9.79 Å². The van der Waals surface area contributed by atoms with Crippen molar-refractivity contribution in [3.8, 4) is 11.5 Å². The van der Waals surface area contributed by atoms with Gasteiger partial charge in [-0.1, -0.05) is 41.1 Å². The highest BCUT2D eigenvalue weighted by molar-refractivity contribution is 7.07. The number of carboxylic acid groups (broad SMARTS) is 1. The summed E-state index contributed by atoms with van der Waals surface area (Å²) < 4.78 is 17.5. The number of rotatable bonds is 5. The van der Waals surface area contributed by atoms with Crippen LogP contribution in [-0.4, -0.2) is 41.8 Å². The predicted octanol–water partition coefficient (Wildman–Crippen LogP) is 3.09. The molecule has 0 saturated heterocycles. The predicted molar refractivity (Wildman–Crippen MR) is 145 cm³/mol. The molecule has 0 aliphatic carbocycles. The van der Waals surface area contributed by atoms with Crippen LogP contribution in [-0.2, 0) is 19.1 Å². The van der Waals surface area contributed by atoms with Crippen LogP contribution in [0.2, 0.25) is 5.02 Å². The number of thiazole rings is 1. The topological polar surface area (TPSA) is 133 Å². The summed E-state index contributed by atoms with van der Waals surface area (Å²) in [5.41, 5.74) is 1.64. The zero-order valence-corrected chi connectivity index (χ0v) is 23.3. The molecular weight excluding hydrogens is 548 g/mol. The lowest BCUT2D eigenvalue weighted by atomic mass is 9.95. The summed E-state index contributed by atoms with van der Waals surface area (Å²) in [5.74, 6) is -1.45. The summed E-state index contributed by atoms with van der Waals surface area (Å²) in [4.78, 5) is 51.8. The van der Waals surface area contributed by atoms with Crippen molar-refractivity contribution in [2.24, 2.45) is 4.99 Å². The van der Waals surface area contributed by atoms with Gasteiger partial charge in [-0.3, -0.25) is 19.0 Å². The Morgan fingerprint density at radius 1 is 1.10 bits per heavy atom. The van der Waals surface area contributed by atoms with Gasteiger partial charge in [0.25, 0.3) is 11.5 Å². The number of allylic oxidation sites excluding steroid dienone is 1. The maximum atomic E-state index is 13.6. The molecule has 10 nitrogen and oxygen atoms in total. The fourth-order valence-electron chi connectivity index (χ4n) is 3.85. The number of aliphatic carboxylic acids is 1. The van der Waals surface area contributed by atoms with Gasteiger partial charge in [0.1, 0.15) is 0 Å². The highest BCUT2D eigenvalue weighted by atomic mass is 35.5. The number of fused-ring (bicyclic) bond motifs is 1. The summed E-state index contributed by atoms with van der Waals surface area (Å²) in [7, 11) is 2.71. The van der Waals surface area contributed by atoms with Crippen LogP contribution in [0.15, 0.2) is 63.5 Å². The van der Waals surface area contributed by atoms with E-state index < -0.39 is 23.9 Å². The Morgan fingerprint density at radius 3 is 2.38 bits per heavy atom. The molecule has 0 fully saturated rings. The molecule has 1 aliphatic rings. The van der Waals surface area contributed by atoms with Gasteiger partial charge in [-0.15, -0.1) is 0 Å². The van der Waals surface area contributed by atoms with E-state index in [-0.39, 0.29) is 22.6 Å². The van der Waals surface area contributed by atoms with Crippen LogP contribution >= 0.6 is 22.9 Å². The minimum absolute atomic E-state index is 0.219. The Balaban J connectivity index is 0.000000983. The Bertz CT molecular complexity index is 1650. The van der Waals surface area contributed by atoms with Gasteiger partial charge < -0.3 is 19.3 Å². The SMILES string of the molecule is CC(=O)O.COC(=O)C1=C(C)N=c2s/c(=C/c3cccc(Cl)c3)c(=O)n2C1c1ccc(OC(C)=O)c(OC)c1. The molecule has 1 aromatic heterocycles. The van der Waals surface area contributed by atoms with Crippen LogP contribution in [0.4, 0.5) is 0 Å². The number of carbonyl (C=O) groups excluding carboxylic acids is 2. The maximum Gasteiger partial charge on any atom is 0.338 e. The molecule has 39 heavy (non-hydrogen) atoms. The van der Waals surface area contributed by atoms with E-state index in [4.69, 9.17) is 35.7 Å². The summed E-state index contributed by atoms with van der Waals surface area (Å²) in [6, 6.07) is 11.2. The van der Waals surface area contributed by atoms with E-state index in [2.05, 4.69) is 4.99 Å². The maximum absolute atomic E-state index is 13.6. The van der Waals surface area contributed by atoms with Crippen LogP contribution in [0.1, 0.15) is 37.9 Å². The van der Waals surface area contributed by atoms with Gasteiger partial charge in [0.15, 0.2) is 16.3 Å². The Kier molecular flexibility index (Phi) is 9.44. The smallest absolute Gasteiger partial charge is 0.338 e. The number of halogens is 1. The molecule has 0 amide bonds. The Hall–Kier alpha value is -4.22. The minimum atomic E-state index is -0.833. The molecule has 3 aromatic rings. The zero-order valence-electron chi connectivity index (χ0n) is 21.7. The third kappa shape index (κ3) is 6.81. The van der Waals surface area contributed by atoms with E-state index in [1.807, 2.05) is 6.07 Å². The second-order valence-corrected chi connectivity index (χ2v) is 9.60. The number of methoxy groups -OCH3 is 2. The van der Waals surface area contributed by atoms with Gasteiger partial charge >= 0.3 is 11.9 Å². The first-order valence-electron chi connectivity index (χ1n) is 11.4. The van der Waals surface area contributed by atoms with Crippen LogP contribution in [0, 0.1) is 0 Å². The molecule has 1 atom stereocenters. The van der Waals surface area contributed by atoms with Crippen molar-refractivity contribution in [1.29, 1.82) is 0 Å². The van der Waals surface area contributed by atoms with E-state index in [0.717, 1.165) is 12.5 Å². The second kappa shape index (κ2) is 12.5. The van der Waals surface area contributed by atoms with Crippen LogP contribution in [0.5, 0.6) is 11.5 Å². The molecule has 4 rings (SSSR count). The van der Waals surface area contributed by atoms with Crippen LogP contribution in [0.25, 0.3) is 6.08 Å². The van der Waals surface area contributed by atoms with Crippen LogP contribution in [0.3, 0.4) is 0 Å². The lowest BCUT2D eigenvalue weighted by Crippen LogP contribution is -2.39. The Morgan fingerprint density at radius 2 is 1.79 bits per heavy atom. The quantitative estimate of drug-likeness (QED) is 0.364. The van der Waals surface area contributed by atoms with Crippen molar-refractivity contribution in [1.82, 2.24) is 4.57 Å². The van der Waals surface area contributed by atoms with Gasteiger partial charge in [0.05, 0.1) is 36.1 Å². The first kappa shape index (κ1) is 29.3. The van der Waals surface area contributed by atoms with Gasteiger partial charge in [0, 0.05) is 18.9 Å². The molecule has 1 N–H and O–H groups in total. The first-order chi connectivity index (χ1) is 18.5. The molecule has 0 saturated carbocycles. The van der Waals surface area contributed by atoms with Gasteiger partial charge in [-0.05, 0) is 48.4 Å². The fourth-order valence-corrected chi connectivity index (χ4v) is 5.09. The minimum Gasteiger partial charge on any atom is -0.493 e. The third-order valence-electron chi connectivity index (χ3n) is 5.33. The number of ether oxygens (including phenoxy) is 3. The van der Waals surface area contributed by atoms with Gasteiger partial charge in [-0.2, -0.15) is 0 Å². The van der Waals surface area contributed by atoms with E-state index in [9.17, 15) is 14.4 Å². The summed E-state index contributed by atoms with van der Waals surface area (Å²) in [5, 5.41) is 7.97. The van der Waals surface area contributed by atoms with E-state index in [0.29, 0.717) is 25.6 Å². The molecule has 12 heteroatoms. The second-order valence-electron chi connectivity index (χ2n) is 8.15. The average molecular weight is 573 g/mol. The van der Waals surface area contributed by atoms with E-state index >= 15 is 0 Å². The lowest BCUT2D eigenvalue weighted by molar-refractivity contribution is -0.137. The highest BCUT2D eigenvalue weighted by Crippen LogP contribution is 2.36. The van der Waals surface area contributed by atoms with Crippen molar-refractivity contribution in [3.63, 3.8) is 0 Å². The van der Waals surface area contributed by atoms with Crippen LogP contribution < -0.4 is 24.4 Å². The number of aromatic nitrogens is 1. The van der Waals surface area contributed by atoms with Crippen molar-refractivity contribution >= 4 is 46.9 Å². The number of hydrogen-bond acceptors (Lipinski definition) is 9. The number of carboxylic acids is 1. The van der Waals surface area contributed by atoms with Gasteiger partial charge in [0.2, 0.25) is 0 Å². The molecule has 1 aliphatic heterocycles. The molecule has 1 unspecified atom stereocenters. The van der Waals surface area contributed by atoms with Crippen molar-refractivity contribution in [2.45, 2.75) is 26.8 Å². The molecule has 0 spiro atoms. The molecular formula is C27H25ClN2O8S. The molecule has 0 bridgehead atoms. The standard InChI is InChI=1S/C25H21ClN2O6S.C2H4O2/c1-13-21(24(31)33-4)22(16-8-9-18(34-14(2)29)19(12-16)32-3)28-23(30)20(35-25(28)27-13)11-15-6-5-7-17(26)10-15;1-2(3)4/h5-12,22H,1-4H3;1H3,(H,3,4)/b20-11+;. The lowest BCUT2D eigenvalue weighted by Gasteiger charge is -2.25. The fraction of sp³-hybridized carbons (Fsp3) is 0.222. The van der Waals surface area contributed by atoms with E-state index in [1.165, 1.54) is 37.0 Å². The normalized spacial score (nSPS) is 14.4. The first-order valence-corrected chi connectivity index (χ1v) is 12.6. The molecule has 2 aromatic carbocycles. The summed E-state index contributed by atoms with van der Waals surface area (Å²) in [6.45, 7) is 4.06. The summed E-state index contributed by atoms with van der Waals surface area (Å²) >= 11 is 7.30. The highest BCUT2D eigenvalue weighted by Gasteiger charge is 2.33. The zero-order chi connectivity index (χ0) is 28.9. The molecule has 0 radical (unpaired) electrons. The third-order valence-corrected chi connectivity index (χ3v) is 6.55. The van der Waals surface area contributed by atoms with Crippen molar-refractivity contribution in [2.75, 3.05) is 14.2 Å². The number of hydrogen-bond donors (Lipinski definition) is 1. The number of nitrogens with zero attached hydrogens (tertiary/aromatic N) is 2.